The van der Waals surface area contributed by atoms with Crippen molar-refractivity contribution >= 4 is 6.09 Å². The molecular formula is C11H7F3N2O3. The van der Waals surface area contributed by atoms with E-state index in [2.05, 4.69) is 5.10 Å². The minimum absolute atomic E-state index is 0.0294. The van der Waals surface area contributed by atoms with Gasteiger partial charge in [-0.3, -0.25) is 0 Å². The van der Waals surface area contributed by atoms with Crippen LogP contribution in [0.3, 0.4) is 0 Å². The minimum atomic E-state index is -4.47. The van der Waals surface area contributed by atoms with Crippen LogP contribution in [0.5, 0.6) is 11.5 Å². The molecule has 1 aromatic carbocycles. The SMILES string of the molecule is O=C(O)n1cc(Oc2cccc(C(F)(F)F)c2)cn1. The van der Waals surface area contributed by atoms with Gasteiger partial charge in [0.05, 0.1) is 18.0 Å². The number of carbonyl (C=O) groups is 1. The van der Waals surface area contributed by atoms with Crippen molar-refractivity contribution in [3.63, 3.8) is 0 Å². The van der Waals surface area contributed by atoms with E-state index >= 15 is 0 Å². The summed E-state index contributed by atoms with van der Waals surface area (Å²) in [6, 6.07) is 4.25. The molecule has 0 radical (unpaired) electrons. The average Bonchev–Trinajstić information content (AvgIpc) is 2.77. The molecule has 0 saturated carbocycles. The summed E-state index contributed by atoms with van der Waals surface area (Å²) in [5, 5.41) is 12.1. The molecule has 0 spiro atoms. The molecular weight excluding hydrogens is 265 g/mol. The van der Waals surface area contributed by atoms with Gasteiger partial charge in [0, 0.05) is 0 Å². The van der Waals surface area contributed by atoms with Crippen molar-refractivity contribution in [2.75, 3.05) is 0 Å². The van der Waals surface area contributed by atoms with Crippen LogP contribution in [0.1, 0.15) is 5.56 Å². The van der Waals surface area contributed by atoms with Gasteiger partial charge < -0.3 is 9.84 Å². The second kappa shape index (κ2) is 4.63. The largest absolute Gasteiger partial charge is 0.463 e. The van der Waals surface area contributed by atoms with Crippen LogP contribution in [0.2, 0.25) is 0 Å². The molecule has 2 rings (SSSR count). The Kier molecular flexibility index (Phi) is 3.16. The maximum atomic E-state index is 12.5. The molecule has 0 aliphatic carbocycles. The smallest absolute Gasteiger partial charge is 0.432 e. The lowest BCUT2D eigenvalue weighted by Crippen LogP contribution is -2.07. The van der Waals surface area contributed by atoms with E-state index in [4.69, 9.17) is 9.84 Å². The number of hydrogen-bond donors (Lipinski definition) is 1. The highest BCUT2D eigenvalue weighted by molar-refractivity contribution is 5.67. The van der Waals surface area contributed by atoms with E-state index < -0.39 is 17.8 Å². The lowest BCUT2D eigenvalue weighted by atomic mass is 10.2. The molecule has 8 heteroatoms. The molecule has 0 amide bonds. The summed E-state index contributed by atoms with van der Waals surface area (Å²) in [5.74, 6) is -0.0264. The topological polar surface area (TPSA) is 64.3 Å². The average molecular weight is 272 g/mol. The molecule has 19 heavy (non-hydrogen) atoms. The van der Waals surface area contributed by atoms with Gasteiger partial charge in [0.1, 0.15) is 5.75 Å². The number of hydrogen-bond acceptors (Lipinski definition) is 3. The molecule has 0 unspecified atom stereocenters. The van der Waals surface area contributed by atoms with Crippen molar-refractivity contribution in [3.8, 4) is 11.5 Å². The van der Waals surface area contributed by atoms with Gasteiger partial charge in [-0.05, 0) is 18.2 Å². The summed E-state index contributed by atoms with van der Waals surface area (Å²) >= 11 is 0. The molecule has 1 aromatic heterocycles. The molecule has 1 N–H and O–H groups in total. The minimum Gasteiger partial charge on any atom is -0.463 e. The third kappa shape index (κ3) is 3.03. The van der Waals surface area contributed by atoms with E-state index in [-0.39, 0.29) is 11.5 Å². The predicted molar refractivity (Wildman–Crippen MR) is 57.2 cm³/mol. The highest BCUT2D eigenvalue weighted by Crippen LogP contribution is 2.32. The van der Waals surface area contributed by atoms with Crippen LogP contribution in [0.15, 0.2) is 36.7 Å². The fourth-order valence-corrected chi connectivity index (χ4v) is 1.34. The number of aromatic nitrogens is 2. The maximum absolute atomic E-state index is 12.5. The Morgan fingerprint density at radius 3 is 2.63 bits per heavy atom. The molecule has 2 aromatic rings. The van der Waals surface area contributed by atoms with Crippen LogP contribution in [0.4, 0.5) is 18.0 Å². The summed E-state index contributed by atoms with van der Waals surface area (Å²) in [5.41, 5.74) is -0.851. The van der Waals surface area contributed by atoms with Crippen molar-refractivity contribution < 1.29 is 27.8 Å². The third-order valence-electron chi connectivity index (χ3n) is 2.15. The van der Waals surface area contributed by atoms with Crippen LogP contribution in [-0.4, -0.2) is 21.0 Å². The van der Waals surface area contributed by atoms with E-state index in [1.54, 1.807) is 0 Å². The first-order valence-electron chi connectivity index (χ1n) is 4.99. The second-order valence-electron chi connectivity index (χ2n) is 3.53. The van der Waals surface area contributed by atoms with E-state index in [9.17, 15) is 18.0 Å². The van der Waals surface area contributed by atoms with Gasteiger partial charge in [-0.1, -0.05) is 6.07 Å². The predicted octanol–water partition coefficient (Wildman–Crippen LogP) is 3.22. The van der Waals surface area contributed by atoms with Gasteiger partial charge in [-0.25, -0.2) is 4.79 Å². The summed E-state index contributed by atoms with van der Waals surface area (Å²) in [7, 11) is 0. The number of benzene rings is 1. The second-order valence-corrected chi connectivity index (χ2v) is 3.53. The highest BCUT2D eigenvalue weighted by atomic mass is 19.4. The van der Waals surface area contributed by atoms with Crippen LogP contribution in [-0.2, 0) is 6.18 Å². The summed E-state index contributed by atoms with van der Waals surface area (Å²) in [6.45, 7) is 0. The van der Waals surface area contributed by atoms with Gasteiger partial charge in [0.15, 0.2) is 5.75 Å². The lowest BCUT2D eigenvalue weighted by molar-refractivity contribution is -0.137. The first kappa shape index (κ1) is 12.9. The molecule has 0 aliphatic rings. The summed E-state index contributed by atoms with van der Waals surface area (Å²) in [6.07, 6.45) is -3.65. The molecule has 0 fully saturated rings. The van der Waals surface area contributed by atoms with Gasteiger partial charge in [0.25, 0.3) is 0 Å². The number of rotatable bonds is 2. The van der Waals surface area contributed by atoms with E-state index in [1.807, 2.05) is 0 Å². The van der Waals surface area contributed by atoms with Crippen molar-refractivity contribution in [1.82, 2.24) is 9.78 Å². The van der Waals surface area contributed by atoms with Gasteiger partial charge >= 0.3 is 12.3 Å². The molecule has 0 bridgehead atoms. The standard InChI is InChI=1S/C11H7F3N2O3/c12-11(13,14)7-2-1-3-8(4-7)19-9-5-15-16(6-9)10(17)18/h1-6H,(H,17,18). The van der Waals surface area contributed by atoms with Gasteiger partial charge in [-0.2, -0.15) is 23.0 Å². The number of nitrogens with zero attached hydrogens (tertiary/aromatic N) is 2. The normalized spacial score (nSPS) is 11.3. The molecule has 0 aliphatic heterocycles. The Morgan fingerprint density at radius 2 is 2.05 bits per heavy atom. The van der Waals surface area contributed by atoms with E-state index in [1.165, 1.54) is 12.1 Å². The van der Waals surface area contributed by atoms with Crippen LogP contribution < -0.4 is 4.74 Å². The zero-order valence-corrected chi connectivity index (χ0v) is 9.26. The van der Waals surface area contributed by atoms with Crippen molar-refractivity contribution in [2.24, 2.45) is 0 Å². The zero-order chi connectivity index (χ0) is 14.0. The number of carboxylic acid groups (broad SMARTS) is 1. The number of alkyl halides is 3. The first-order valence-corrected chi connectivity index (χ1v) is 4.99. The first-order chi connectivity index (χ1) is 8.86. The highest BCUT2D eigenvalue weighted by Gasteiger charge is 2.30. The zero-order valence-electron chi connectivity index (χ0n) is 9.26. The number of ether oxygens (including phenoxy) is 1. The number of halogens is 3. The lowest BCUT2D eigenvalue weighted by Gasteiger charge is -2.08. The summed E-state index contributed by atoms with van der Waals surface area (Å²) in [4.78, 5) is 10.5. The fourth-order valence-electron chi connectivity index (χ4n) is 1.34. The Morgan fingerprint density at radius 1 is 1.32 bits per heavy atom. The van der Waals surface area contributed by atoms with E-state index in [0.29, 0.717) is 4.68 Å². The van der Waals surface area contributed by atoms with Crippen molar-refractivity contribution in [2.45, 2.75) is 6.18 Å². The molecule has 100 valence electrons. The molecule has 1 heterocycles. The Hall–Kier alpha value is -2.51. The van der Waals surface area contributed by atoms with Gasteiger partial charge in [-0.15, -0.1) is 0 Å². The van der Waals surface area contributed by atoms with Crippen molar-refractivity contribution in [3.05, 3.63) is 42.2 Å². The summed E-state index contributed by atoms with van der Waals surface area (Å²) < 4.78 is 43.1. The Bertz CT molecular complexity index is 607. The molecule has 0 atom stereocenters. The monoisotopic (exact) mass is 272 g/mol. The van der Waals surface area contributed by atoms with E-state index in [0.717, 1.165) is 24.5 Å². The van der Waals surface area contributed by atoms with Crippen LogP contribution in [0, 0.1) is 0 Å². The molecule has 0 saturated heterocycles. The quantitative estimate of drug-likeness (QED) is 0.911. The fraction of sp³-hybridized carbons (Fsp3) is 0.0909. The third-order valence-corrected chi connectivity index (χ3v) is 2.15. The van der Waals surface area contributed by atoms with Crippen LogP contribution in [0.25, 0.3) is 0 Å². The Labute approximate surface area is 104 Å². The van der Waals surface area contributed by atoms with Crippen molar-refractivity contribution in [1.29, 1.82) is 0 Å². The van der Waals surface area contributed by atoms with Gasteiger partial charge in [0.2, 0.25) is 0 Å². The molecule has 5 nitrogen and oxygen atoms in total. The Balaban J connectivity index is 2.21. The van der Waals surface area contributed by atoms with Crippen LogP contribution >= 0.6 is 0 Å². The maximum Gasteiger partial charge on any atom is 0.432 e.